The highest BCUT2D eigenvalue weighted by molar-refractivity contribution is 7.90. The number of rotatable bonds is 11. The van der Waals surface area contributed by atoms with Gasteiger partial charge in [-0.25, -0.2) is 12.4 Å². The first kappa shape index (κ1) is 26.6. The SMILES string of the molecule is CCS(=O)CC(=O)N(/C=C/CCc1cc2ccccc2n1S(=O)(=O)c1ccccc1)Cc1ccccc1. The van der Waals surface area contributed by atoms with E-state index in [2.05, 4.69) is 0 Å². The molecule has 4 aromatic rings. The van der Waals surface area contributed by atoms with Crippen molar-refractivity contribution in [2.75, 3.05) is 11.5 Å². The fourth-order valence-electron chi connectivity index (χ4n) is 4.10. The minimum absolute atomic E-state index is 0.0305. The van der Waals surface area contributed by atoms with E-state index in [-0.39, 0.29) is 16.6 Å². The molecule has 0 N–H and O–H groups in total. The number of carbonyl (C=O) groups is 1. The molecule has 0 spiro atoms. The van der Waals surface area contributed by atoms with Crippen LogP contribution >= 0.6 is 0 Å². The molecular formula is C29H30N2O4S2. The first-order valence-corrected chi connectivity index (χ1v) is 15.1. The topological polar surface area (TPSA) is 76.5 Å². The molecule has 1 amide bonds. The molecule has 1 unspecified atom stereocenters. The molecule has 0 radical (unpaired) electrons. The van der Waals surface area contributed by atoms with Crippen LogP contribution < -0.4 is 0 Å². The number of hydrogen-bond acceptors (Lipinski definition) is 4. The van der Waals surface area contributed by atoms with E-state index >= 15 is 0 Å². The van der Waals surface area contributed by atoms with E-state index in [1.807, 2.05) is 66.7 Å². The molecule has 0 saturated heterocycles. The van der Waals surface area contributed by atoms with Crippen molar-refractivity contribution in [3.05, 3.63) is 115 Å². The number of para-hydroxylation sites is 1. The largest absolute Gasteiger partial charge is 0.314 e. The highest BCUT2D eigenvalue weighted by Crippen LogP contribution is 2.26. The number of fused-ring (bicyclic) bond motifs is 1. The van der Waals surface area contributed by atoms with Crippen LogP contribution in [-0.2, 0) is 38.6 Å². The van der Waals surface area contributed by atoms with Gasteiger partial charge in [0.15, 0.2) is 0 Å². The van der Waals surface area contributed by atoms with Crippen LogP contribution in [0, 0.1) is 0 Å². The van der Waals surface area contributed by atoms with E-state index in [1.54, 1.807) is 48.4 Å². The Balaban J connectivity index is 1.58. The van der Waals surface area contributed by atoms with Crippen molar-refractivity contribution < 1.29 is 17.4 Å². The number of aryl methyl sites for hydroxylation is 1. The van der Waals surface area contributed by atoms with Crippen LogP contribution in [0.25, 0.3) is 10.9 Å². The second-order valence-electron chi connectivity index (χ2n) is 8.58. The Hall–Kier alpha value is -3.49. The lowest BCUT2D eigenvalue weighted by Gasteiger charge is -2.18. The molecule has 4 rings (SSSR count). The van der Waals surface area contributed by atoms with E-state index in [9.17, 15) is 17.4 Å². The predicted octanol–water partition coefficient (Wildman–Crippen LogP) is 5.12. The van der Waals surface area contributed by atoms with Crippen molar-refractivity contribution in [3.63, 3.8) is 0 Å². The summed E-state index contributed by atoms with van der Waals surface area (Å²) in [7, 11) is -4.99. The molecule has 0 saturated carbocycles. The van der Waals surface area contributed by atoms with Crippen LogP contribution in [-0.4, -0.2) is 38.9 Å². The molecule has 37 heavy (non-hydrogen) atoms. The number of nitrogens with zero attached hydrogens (tertiary/aromatic N) is 2. The lowest BCUT2D eigenvalue weighted by atomic mass is 10.2. The van der Waals surface area contributed by atoms with Gasteiger partial charge in [-0.2, -0.15) is 0 Å². The molecule has 1 heterocycles. The van der Waals surface area contributed by atoms with Crippen LogP contribution in [0.1, 0.15) is 24.6 Å². The summed E-state index contributed by atoms with van der Waals surface area (Å²) < 4.78 is 40.5. The Morgan fingerprint density at radius 3 is 2.30 bits per heavy atom. The van der Waals surface area contributed by atoms with Gasteiger partial charge >= 0.3 is 0 Å². The van der Waals surface area contributed by atoms with Crippen LogP contribution in [0.3, 0.4) is 0 Å². The number of allylic oxidation sites excluding steroid dienone is 1. The van der Waals surface area contributed by atoms with E-state index in [1.165, 1.54) is 3.97 Å². The predicted molar refractivity (Wildman–Crippen MR) is 149 cm³/mol. The third-order valence-corrected chi connectivity index (χ3v) is 8.99. The summed E-state index contributed by atoms with van der Waals surface area (Å²) in [5.41, 5.74) is 2.27. The molecule has 8 heteroatoms. The van der Waals surface area contributed by atoms with Gasteiger partial charge in [0.1, 0.15) is 5.75 Å². The Morgan fingerprint density at radius 2 is 1.59 bits per heavy atom. The number of amides is 1. The maximum atomic E-state index is 13.6. The Bertz CT molecular complexity index is 1510. The van der Waals surface area contributed by atoms with Crippen molar-refractivity contribution in [2.24, 2.45) is 0 Å². The lowest BCUT2D eigenvalue weighted by molar-refractivity contribution is -0.126. The minimum Gasteiger partial charge on any atom is -0.314 e. The monoisotopic (exact) mass is 534 g/mol. The van der Waals surface area contributed by atoms with Gasteiger partial charge in [-0.3, -0.25) is 9.00 Å². The third-order valence-electron chi connectivity index (χ3n) is 5.99. The van der Waals surface area contributed by atoms with Gasteiger partial charge in [0.05, 0.1) is 17.0 Å². The Kier molecular flexibility index (Phi) is 8.74. The van der Waals surface area contributed by atoms with Gasteiger partial charge in [0.25, 0.3) is 10.0 Å². The number of hydrogen-bond donors (Lipinski definition) is 0. The first-order valence-electron chi connectivity index (χ1n) is 12.1. The maximum Gasteiger partial charge on any atom is 0.268 e. The van der Waals surface area contributed by atoms with Crippen molar-refractivity contribution in [2.45, 2.75) is 31.2 Å². The van der Waals surface area contributed by atoms with Crippen LogP contribution in [0.4, 0.5) is 0 Å². The summed E-state index contributed by atoms with van der Waals surface area (Å²) in [6.07, 6.45) is 4.58. The van der Waals surface area contributed by atoms with Crippen LogP contribution in [0.15, 0.2) is 108 Å². The van der Waals surface area contributed by atoms with Gasteiger partial charge in [-0.1, -0.05) is 79.7 Å². The average molecular weight is 535 g/mol. The second kappa shape index (κ2) is 12.2. The van der Waals surface area contributed by atoms with Crippen LogP contribution in [0.2, 0.25) is 0 Å². The molecule has 0 aliphatic carbocycles. The second-order valence-corrected chi connectivity index (χ2v) is 12.1. The van der Waals surface area contributed by atoms with Crippen molar-refractivity contribution in [1.82, 2.24) is 8.87 Å². The van der Waals surface area contributed by atoms with Crippen molar-refractivity contribution >= 4 is 37.6 Å². The quantitative estimate of drug-likeness (QED) is 0.268. The summed E-state index contributed by atoms with van der Waals surface area (Å²) in [4.78, 5) is 14.7. The molecule has 0 aliphatic heterocycles. The molecule has 0 bridgehead atoms. The molecule has 192 valence electrons. The standard InChI is InChI=1S/C29H30N2O4S2/c1-2-36(33)23-29(32)30(22-24-13-5-3-6-14-24)20-12-11-16-26-21-25-15-9-10-19-28(25)31(26)37(34,35)27-17-7-4-8-18-27/h3-10,12-15,17-21H,2,11,16,22-23H2,1H3/b20-12+. The molecule has 0 aliphatic rings. The highest BCUT2D eigenvalue weighted by atomic mass is 32.2. The van der Waals surface area contributed by atoms with Gasteiger partial charge in [-0.15, -0.1) is 0 Å². The zero-order valence-corrected chi connectivity index (χ0v) is 22.3. The van der Waals surface area contributed by atoms with Gasteiger partial charge in [-0.05, 0) is 42.7 Å². The molecule has 6 nitrogen and oxygen atoms in total. The summed E-state index contributed by atoms with van der Waals surface area (Å²) in [6.45, 7) is 2.17. The molecule has 3 aromatic carbocycles. The third kappa shape index (κ3) is 6.45. The summed E-state index contributed by atoms with van der Waals surface area (Å²) in [6, 6.07) is 27.4. The van der Waals surface area contributed by atoms with Gasteiger partial charge in [0, 0.05) is 33.8 Å². The van der Waals surface area contributed by atoms with E-state index in [4.69, 9.17) is 0 Å². The fraction of sp³-hybridized carbons (Fsp3) is 0.207. The fourth-order valence-corrected chi connectivity index (χ4v) is 6.34. The van der Waals surface area contributed by atoms with E-state index in [0.29, 0.717) is 36.3 Å². The van der Waals surface area contributed by atoms with Gasteiger partial charge < -0.3 is 4.90 Å². The first-order chi connectivity index (χ1) is 17.9. The van der Waals surface area contributed by atoms with Crippen molar-refractivity contribution in [3.8, 4) is 0 Å². The molecule has 1 aromatic heterocycles. The van der Waals surface area contributed by atoms with E-state index < -0.39 is 20.8 Å². The minimum atomic E-state index is -3.78. The summed E-state index contributed by atoms with van der Waals surface area (Å²) in [5.74, 6) is 0.188. The Labute approximate surface area is 220 Å². The normalized spacial score (nSPS) is 12.7. The van der Waals surface area contributed by atoms with Crippen molar-refractivity contribution in [1.29, 1.82) is 0 Å². The number of aromatic nitrogens is 1. The van der Waals surface area contributed by atoms with Crippen LogP contribution in [0.5, 0.6) is 0 Å². The zero-order chi connectivity index (χ0) is 26.3. The highest BCUT2D eigenvalue weighted by Gasteiger charge is 2.22. The zero-order valence-electron chi connectivity index (χ0n) is 20.7. The summed E-state index contributed by atoms with van der Waals surface area (Å²) in [5, 5.41) is 0.851. The maximum absolute atomic E-state index is 13.6. The number of carbonyl (C=O) groups excluding carboxylic acids is 1. The number of benzene rings is 3. The smallest absolute Gasteiger partial charge is 0.268 e. The van der Waals surface area contributed by atoms with Gasteiger partial charge in [0.2, 0.25) is 5.91 Å². The van der Waals surface area contributed by atoms with E-state index in [0.717, 1.165) is 10.9 Å². The lowest BCUT2D eigenvalue weighted by Crippen LogP contribution is -2.30. The summed E-state index contributed by atoms with van der Waals surface area (Å²) >= 11 is 0. The Morgan fingerprint density at radius 1 is 0.946 bits per heavy atom. The average Bonchev–Trinajstić information content (AvgIpc) is 3.30. The molecular weight excluding hydrogens is 504 g/mol. The molecule has 0 fully saturated rings. The molecule has 1 atom stereocenters.